The average molecular weight is 277 g/mol. The molecule has 1 heterocycles. The first-order valence-electron chi connectivity index (χ1n) is 6.57. The van der Waals surface area contributed by atoms with Crippen molar-refractivity contribution in [2.45, 2.75) is 32.8 Å². The third-order valence-corrected chi connectivity index (χ3v) is 3.21. The van der Waals surface area contributed by atoms with Gasteiger partial charge in [-0.1, -0.05) is 6.92 Å². The van der Waals surface area contributed by atoms with Crippen LogP contribution in [-0.4, -0.2) is 23.9 Å². The van der Waals surface area contributed by atoms with E-state index in [-0.39, 0.29) is 18.3 Å². The van der Waals surface area contributed by atoms with Crippen molar-refractivity contribution in [3.05, 3.63) is 23.8 Å². The molecule has 5 heteroatoms. The number of hydrogen-bond donors (Lipinski definition) is 1. The van der Waals surface area contributed by atoms with Crippen LogP contribution in [0.1, 0.15) is 37.6 Å². The molecule has 5 nitrogen and oxygen atoms in total. The van der Waals surface area contributed by atoms with Gasteiger partial charge >= 0.3 is 0 Å². The Hall–Kier alpha value is -2.04. The van der Waals surface area contributed by atoms with Crippen molar-refractivity contribution in [2.75, 3.05) is 6.61 Å². The molecule has 0 saturated carbocycles. The van der Waals surface area contributed by atoms with Crippen LogP contribution < -0.4 is 15.2 Å². The van der Waals surface area contributed by atoms with Crippen molar-refractivity contribution in [3.8, 4) is 11.5 Å². The van der Waals surface area contributed by atoms with Crippen LogP contribution in [0.25, 0.3) is 0 Å². The molecule has 1 aliphatic rings. The number of carbonyl (C=O) groups is 2. The molecule has 1 aliphatic heterocycles. The topological polar surface area (TPSA) is 78.6 Å². The van der Waals surface area contributed by atoms with Gasteiger partial charge in [-0.3, -0.25) is 9.59 Å². The van der Waals surface area contributed by atoms with Gasteiger partial charge in [0.25, 0.3) is 0 Å². The monoisotopic (exact) mass is 277 g/mol. The van der Waals surface area contributed by atoms with Crippen LogP contribution in [0.2, 0.25) is 0 Å². The maximum Gasteiger partial charge on any atom is 0.223 e. The van der Waals surface area contributed by atoms with E-state index in [1.54, 1.807) is 25.1 Å². The highest BCUT2D eigenvalue weighted by Crippen LogP contribution is 2.35. The Morgan fingerprint density at radius 2 is 2.20 bits per heavy atom. The van der Waals surface area contributed by atoms with Gasteiger partial charge in [0, 0.05) is 6.07 Å². The van der Waals surface area contributed by atoms with Gasteiger partial charge in [0.15, 0.2) is 5.78 Å². The standard InChI is InChI=1S/C15H19NO4/c1-9(14(16)18)8-19-10-4-5-11-12(17)7-15(2,3)20-13(11)6-10/h4-6,9H,7-8H2,1-3H3,(H2,16,18). The molecule has 1 atom stereocenters. The first-order chi connectivity index (χ1) is 9.28. The van der Waals surface area contributed by atoms with Gasteiger partial charge in [0.1, 0.15) is 17.1 Å². The number of carbonyl (C=O) groups excluding carboxylic acids is 2. The number of hydrogen-bond acceptors (Lipinski definition) is 4. The van der Waals surface area contributed by atoms with E-state index in [1.807, 2.05) is 13.8 Å². The molecule has 1 unspecified atom stereocenters. The van der Waals surface area contributed by atoms with Gasteiger partial charge in [0.05, 0.1) is 24.5 Å². The van der Waals surface area contributed by atoms with E-state index in [2.05, 4.69) is 0 Å². The summed E-state index contributed by atoms with van der Waals surface area (Å²) < 4.78 is 11.3. The Kier molecular flexibility index (Phi) is 3.70. The van der Waals surface area contributed by atoms with Crippen LogP contribution in [0.15, 0.2) is 18.2 Å². The van der Waals surface area contributed by atoms with Gasteiger partial charge in [-0.2, -0.15) is 0 Å². The highest BCUT2D eigenvalue weighted by Gasteiger charge is 2.32. The number of rotatable bonds is 4. The Morgan fingerprint density at radius 1 is 1.50 bits per heavy atom. The van der Waals surface area contributed by atoms with Gasteiger partial charge in [-0.25, -0.2) is 0 Å². The molecule has 2 rings (SSSR count). The van der Waals surface area contributed by atoms with Gasteiger partial charge < -0.3 is 15.2 Å². The fraction of sp³-hybridized carbons (Fsp3) is 0.467. The fourth-order valence-corrected chi connectivity index (χ4v) is 2.03. The van der Waals surface area contributed by atoms with Gasteiger partial charge in [0.2, 0.25) is 5.91 Å². The molecule has 0 bridgehead atoms. The first-order valence-corrected chi connectivity index (χ1v) is 6.57. The number of Topliss-reactive ketones (excluding diaryl/α,β-unsaturated/α-hetero) is 1. The number of primary amides is 1. The lowest BCUT2D eigenvalue weighted by molar-refractivity contribution is -0.122. The zero-order chi connectivity index (χ0) is 14.9. The predicted octanol–water partition coefficient (Wildman–Crippen LogP) is 1.93. The molecular formula is C15H19NO4. The second kappa shape index (κ2) is 5.15. The third-order valence-electron chi connectivity index (χ3n) is 3.21. The summed E-state index contributed by atoms with van der Waals surface area (Å²) in [5, 5.41) is 0. The van der Waals surface area contributed by atoms with Crippen LogP contribution in [-0.2, 0) is 4.79 Å². The normalized spacial score (nSPS) is 17.9. The highest BCUT2D eigenvalue weighted by molar-refractivity contribution is 6.00. The molecule has 0 fully saturated rings. The minimum absolute atomic E-state index is 0.0632. The van der Waals surface area contributed by atoms with Crippen molar-refractivity contribution in [3.63, 3.8) is 0 Å². The largest absolute Gasteiger partial charge is 0.493 e. The number of benzene rings is 1. The van der Waals surface area contributed by atoms with E-state index < -0.39 is 11.5 Å². The number of fused-ring (bicyclic) bond motifs is 1. The fourth-order valence-electron chi connectivity index (χ4n) is 2.03. The number of ether oxygens (including phenoxy) is 2. The summed E-state index contributed by atoms with van der Waals surface area (Å²) >= 11 is 0. The average Bonchev–Trinajstić information content (AvgIpc) is 2.33. The summed E-state index contributed by atoms with van der Waals surface area (Å²) in [6.07, 6.45) is 0.360. The summed E-state index contributed by atoms with van der Waals surface area (Å²) in [4.78, 5) is 22.9. The lowest BCUT2D eigenvalue weighted by atomic mass is 9.93. The van der Waals surface area contributed by atoms with Crippen LogP contribution >= 0.6 is 0 Å². The van der Waals surface area contributed by atoms with Crippen molar-refractivity contribution < 1.29 is 19.1 Å². The van der Waals surface area contributed by atoms with E-state index in [0.29, 0.717) is 23.5 Å². The Bertz CT molecular complexity index is 551. The molecular weight excluding hydrogens is 258 g/mol. The van der Waals surface area contributed by atoms with Crippen LogP contribution in [0.5, 0.6) is 11.5 Å². The summed E-state index contributed by atoms with van der Waals surface area (Å²) in [7, 11) is 0. The summed E-state index contributed by atoms with van der Waals surface area (Å²) in [6.45, 7) is 5.64. The van der Waals surface area contributed by atoms with E-state index >= 15 is 0 Å². The minimum atomic E-state index is -0.511. The van der Waals surface area contributed by atoms with E-state index in [0.717, 1.165) is 0 Å². The maximum absolute atomic E-state index is 12.0. The number of ketones is 1. The van der Waals surface area contributed by atoms with E-state index in [1.165, 1.54) is 0 Å². The summed E-state index contributed by atoms with van der Waals surface area (Å²) in [5.41, 5.74) is 5.23. The predicted molar refractivity (Wildman–Crippen MR) is 73.9 cm³/mol. The molecule has 2 N–H and O–H groups in total. The molecule has 0 aromatic heterocycles. The highest BCUT2D eigenvalue weighted by atomic mass is 16.5. The smallest absolute Gasteiger partial charge is 0.223 e. The Morgan fingerprint density at radius 3 is 2.85 bits per heavy atom. The van der Waals surface area contributed by atoms with Gasteiger partial charge in [-0.15, -0.1) is 0 Å². The van der Waals surface area contributed by atoms with Crippen molar-refractivity contribution in [1.29, 1.82) is 0 Å². The van der Waals surface area contributed by atoms with Crippen LogP contribution in [0.4, 0.5) is 0 Å². The molecule has 0 saturated heterocycles. The van der Waals surface area contributed by atoms with Crippen LogP contribution in [0.3, 0.4) is 0 Å². The zero-order valence-corrected chi connectivity index (χ0v) is 11.9. The minimum Gasteiger partial charge on any atom is -0.493 e. The third kappa shape index (κ3) is 3.10. The molecule has 0 spiro atoms. The second-order valence-electron chi connectivity index (χ2n) is 5.73. The number of amides is 1. The molecule has 1 aromatic carbocycles. The first kappa shape index (κ1) is 14.4. The Balaban J connectivity index is 2.15. The SMILES string of the molecule is CC(COc1ccc2c(c1)OC(C)(C)CC2=O)C(N)=O. The molecule has 0 aliphatic carbocycles. The maximum atomic E-state index is 12.0. The molecule has 108 valence electrons. The molecule has 20 heavy (non-hydrogen) atoms. The van der Waals surface area contributed by atoms with Crippen molar-refractivity contribution in [2.24, 2.45) is 11.7 Å². The zero-order valence-electron chi connectivity index (χ0n) is 11.9. The summed E-state index contributed by atoms with van der Waals surface area (Å²) in [5.74, 6) is 0.367. The number of nitrogens with two attached hydrogens (primary N) is 1. The second-order valence-corrected chi connectivity index (χ2v) is 5.73. The lowest BCUT2D eigenvalue weighted by Gasteiger charge is -2.31. The lowest BCUT2D eigenvalue weighted by Crippen LogP contribution is -2.35. The molecule has 1 aromatic rings. The van der Waals surface area contributed by atoms with E-state index in [4.69, 9.17) is 15.2 Å². The molecule has 0 radical (unpaired) electrons. The summed E-state index contributed by atoms with van der Waals surface area (Å²) in [6, 6.07) is 5.07. The van der Waals surface area contributed by atoms with Crippen molar-refractivity contribution >= 4 is 11.7 Å². The quantitative estimate of drug-likeness (QED) is 0.912. The molecule has 1 amide bonds. The van der Waals surface area contributed by atoms with E-state index in [9.17, 15) is 9.59 Å². The Labute approximate surface area is 118 Å². The van der Waals surface area contributed by atoms with Crippen LogP contribution in [0, 0.1) is 5.92 Å². The van der Waals surface area contributed by atoms with Gasteiger partial charge in [-0.05, 0) is 26.0 Å². The van der Waals surface area contributed by atoms with Crippen molar-refractivity contribution in [1.82, 2.24) is 0 Å².